The molecule has 220 valence electrons. The van der Waals surface area contributed by atoms with E-state index in [4.69, 9.17) is 14.2 Å². The van der Waals surface area contributed by atoms with E-state index in [0.29, 0.717) is 12.0 Å². The molecular formula is C33H55N3O3. The molecule has 2 aliphatic carbocycles. The third-order valence-electron chi connectivity index (χ3n) is 9.44. The highest BCUT2D eigenvalue weighted by atomic mass is 16.5. The molecule has 1 aliphatic heterocycles. The fourth-order valence-electron chi connectivity index (χ4n) is 7.14. The van der Waals surface area contributed by atoms with Gasteiger partial charge in [0.15, 0.2) is 0 Å². The maximum absolute atomic E-state index is 5.90. The van der Waals surface area contributed by atoms with Gasteiger partial charge in [-0.05, 0) is 82.3 Å². The van der Waals surface area contributed by atoms with Crippen LogP contribution in [0.1, 0.15) is 70.3 Å². The van der Waals surface area contributed by atoms with E-state index in [-0.39, 0.29) is 12.2 Å². The van der Waals surface area contributed by atoms with E-state index >= 15 is 0 Å². The smallest absolute Gasteiger partial charge is 0.118 e. The van der Waals surface area contributed by atoms with Gasteiger partial charge in [-0.3, -0.25) is 4.90 Å². The van der Waals surface area contributed by atoms with Crippen LogP contribution < -0.4 is 4.74 Å². The average molecular weight is 542 g/mol. The predicted molar refractivity (Wildman–Crippen MR) is 160 cm³/mol. The Labute approximate surface area is 238 Å². The highest BCUT2D eigenvalue weighted by Crippen LogP contribution is 2.40. The van der Waals surface area contributed by atoms with E-state index in [1.807, 2.05) is 14.2 Å². The van der Waals surface area contributed by atoms with Crippen molar-refractivity contribution < 1.29 is 14.2 Å². The number of rotatable bonds is 15. The molecule has 4 rings (SSSR count). The molecule has 1 heterocycles. The molecule has 6 heteroatoms. The first-order chi connectivity index (χ1) is 19.1. The minimum Gasteiger partial charge on any atom is -0.497 e. The van der Waals surface area contributed by atoms with Crippen LogP contribution in [0.5, 0.6) is 5.75 Å². The molecule has 0 bridgehead atoms. The maximum atomic E-state index is 5.90. The van der Waals surface area contributed by atoms with E-state index < -0.39 is 0 Å². The van der Waals surface area contributed by atoms with Crippen LogP contribution >= 0.6 is 0 Å². The minimum absolute atomic E-state index is 0.218. The molecule has 3 unspecified atom stereocenters. The monoisotopic (exact) mass is 541 g/mol. The topological polar surface area (TPSA) is 37.4 Å². The van der Waals surface area contributed by atoms with Crippen molar-refractivity contribution >= 4 is 0 Å². The van der Waals surface area contributed by atoms with Crippen LogP contribution in [0.15, 0.2) is 35.9 Å². The number of unbranched alkanes of at least 4 members (excludes halogenated alkanes) is 3. The quantitative estimate of drug-likeness (QED) is 0.212. The van der Waals surface area contributed by atoms with Crippen molar-refractivity contribution in [2.45, 2.75) is 89.5 Å². The summed E-state index contributed by atoms with van der Waals surface area (Å²) in [6, 6.07) is 9.23. The average Bonchev–Trinajstić information content (AvgIpc) is 2.98. The highest BCUT2D eigenvalue weighted by Gasteiger charge is 2.39. The lowest BCUT2D eigenvalue weighted by atomic mass is 9.72. The molecule has 39 heavy (non-hydrogen) atoms. The first kappa shape index (κ1) is 30.5. The SMILES string of the molecule is CCCN(CCCCCCN1CCN(Cc2ccc(OC)cc2)CC1)C1CCC2C(=CCC(OC)[C@H]2OC)C1. The summed E-state index contributed by atoms with van der Waals surface area (Å²) in [7, 11) is 5.42. The van der Waals surface area contributed by atoms with E-state index in [2.05, 4.69) is 52.0 Å². The Morgan fingerprint density at radius 3 is 2.28 bits per heavy atom. The van der Waals surface area contributed by atoms with Crippen LogP contribution in [-0.2, 0) is 16.0 Å². The van der Waals surface area contributed by atoms with E-state index in [1.165, 1.54) is 103 Å². The summed E-state index contributed by atoms with van der Waals surface area (Å²) in [4.78, 5) is 8.07. The fraction of sp³-hybridized carbons (Fsp3) is 0.758. The molecule has 0 radical (unpaired) electrons. The second-order valence-corrected chi connectivity index (χ2v) is 11.9. The third-order valence-corrected chi connectivity index (χ3v) is 9.44. The van der Waals surface area contributed by atoms with Gasteiger partial charge >= 0.3 is 0 Å². The minimum atomic E-state index is 0.218. The molecule has 2 fully saturated rings. The van der Waals surface area contributed by atoms with Crippen molar-refractivity contribution in [1.82, 2.24) is 14.7 Å². The van der Waals surface area contributed by atoms with Crippen LogP contribution in [0.4, 0.5) is 0 Å². The van der Waals surface area contributed by atoms with Crippen molar-refractivity contribution in [2.24, 2.45) is 5.92 Å². The molecule has 0 aromatic heterocycles. The van der Waals surface area contributed by atoms with Crippen LogP contribution in [-0.4, -0.2) is 100 Å². The van der Waals surface area contributed by atoms with Gasteiger partial charge in [-0.15, -0.1) is 0 Å². The number of hydrogen-bond acceptors (Lipinski definition) is 6. The van der Waals surface area contributed by atoms with Gasteiger partial charge in [-0.1, -0.05) is 43.5 Å². The molecule has 1 saturated heterocycles. The predicted octanol–water partition coefficient (Wildman–Crippen LogP) is 5.61. The second-order valence-electron chi connectivity index (χ2n) is 11.9. The Morgan fingerprint density at radius 2 is 1.59 bits per heavy atom. The zero-order chi connectivity index (χ0) is 27.5. The number of benzene rings is 1. The normalized spacial score (nSPS) is 26.4. The summed E-state index contributed by atoms with van der Waals surface area (Å²) in [6.45, 7) is 11.9. The van der Waals surface area contributed by atoms with E-state index in [9.17, 15) is 0 Å². The standard InChI is InChI=1S/C33H55N3O3/c1-5-18-36(29-13-16-31-28(25-29)12-17-32(38-3)33(31)39-4)20-9-7-6-8-19-34-21-23-35(24-22-34)26-27-10-14-30(37-2)15-11-27/h10-12,14-15,29,31-33H,5-9,13,16-26H2,1-4H3/t29?,31?,32?,33-/m0/s1. The number of methoxy groups -OCH3 is 3. The van der Waals surface area contributed by atoms with Gasteiger partial charge < -0.3 is 24.0 Å². The maximum Gasteiger partial charge on any atom is 0.118 e. The lowest BCUT2D eigenvalue weighted by molar-refractivity contribution is -0.0689. The number of ether oxygens (including phenoxy) is 3. The summed E-state index contributed by atoms with van der Waals surface area (Å²) in [6.07, 6.45) is 14.3. The van der Waals surface area contributed by atoms with Gasteiger partial charge in [0.2, 0.25) is 0 Å². The summed E-state index contributed by atoms with van der Waals surface area (Å²) < 4.78 is 16.9. The molecule has 1 aromatic rings. The fourth-order valence-corrected chi connectivity index (χ4v) is 7.14. The van der Waals surface area contributed by atoms with Crippen molar-refractivity contribution in [2.75, 3.05) is 67.1 Å². The lowest BCUT2D eigenvalue weighted by Crippen LogP contribution is -2.46. The van der Waals surface area contributed by atoms with Crippen LogP contribution in [0.2, 0.25) is 0 Å². The molecule has 0 N–H and O–H groups in total. The van der Waals surface area contributed by atoms with Gasteiger partial charge in [-0.25, -0.2) is 0 Å². The van der Waals surface area contributed by atoms with Gasteiger partial charge in [0.1, 0.15) is 5.75 Å². The Morgan fingerprint density at radius 1 is 0.846 bits per heavy atom. The van der Waals surface area contributed by atoms with Gasteiger partial charge in [-0.2, -0.15) is 0 Å². The molecule has 1 saturated carbocycles. The molecule has 0 amide bonds. The van der Waals surface area contributed by atoms with Crippen LogP contribution in [0.25, 0.3) is 0 Å². The van der Waals surface area contributed by atoms with Crippen molar-refractivity contribution in [3.8, 4) is 5.75 Å². The molecule has 6 nitrogen and oxygen atoms in total. The number of nitrogens with zero attached hydrogens (tertiary/aromatic N) is 3. The zero-order valence-electron chi connectivity index (χ0n) is 25.3. The van der Waals surface area contributed by atoms with Gasteiger partial charge in [0.25, 0.3) is 0 Å². The summed E-state index contributed by atoms with van der Waals surface area (Å²) in [5.74, 6) is 1.49. The van der Waals surface area contributed by atoms with Crippen LogP contribution in [0.3, 0.4) is 0 Å². The Kier molecular flexibility index (Phi) is 12.6. The molecule has 0 spiro atoms. The number of hydrogen-bond donors (Lipinski definition) is 0. The number of fused-ring (bicyclic) bond motifs is 1. The highest BCUT2D eigenvalue weighted by molar-refractivity contribution is 5.27. The first-order valence-electron chi connectivity index (χ1n) is 15.7. The van der Waals surface area contributed by atoms with Crippen molar-refractivity contribution in [1.29, 1.82) is 0 Å². The van der Waals surface area contributed by atoms with Gasteiger partial charge in [0.05, 0.1) is 19.3 Å². The van der Waals surface area contributed by atoms with Crippen molar-refractivity contribution in [3.05, 3.63) is 41.5 Å². The lowest BCUT2D eigenvalue weighted by Gasteiger charge is -2.44. The molecule has 1 aromatic carbocycles. The number of piperazine rings is 1. The third kappa shape index (κ3) is 8.77. The largest absolute Gasteiger partial charge is 0.497 e. The Bertz CT molecular complexity index is 852. The summed E-state index contributed by atoms with van der Waals surface area (Å²) >= 11 is 0. The zero-order valence-corrected chi connectivity index (χ0v) is 25.3. The Hall–Kier alpha value is -1.44. The first-order valence-corrected chi connectivity index (χ1v) is 15.7. The van der Waals surface area contributed by atoms with Gasteiger partial charge in [0, 0.05) is 58.9 Å². The summed E-state index contributed by atoms with van der Waals surface area (Å²) in [5, 5.41) is 0. The second kappa shape index (κ2) is 16.1. The Balaban J connectivity index is 1.10. The van der Waals surface area contributed by atoms with E-state index in [1.54, 1.807) is 12.7 Å². The van der Waals surface area contributed by atoms with E-state index in [0.717, 1.165) is 18.7 Å². The molecular weight excluding hydrogens is 486 g/mol. The summed E-state index contributed by atoms with van der Waals surface area (Å²) in [5.41, 5.74) is 3.01. The van der Waals surface area contributed by atoms with Crippen molar-refractivity contribution in [3.63, 3.8) is 0 Å². The molecule has 3 aliphatic rings. The van der Waals surface area contributed by atoms with Crippen LogP contribution in [0, 0.1) is 5.92 Å². The molecule has 4 atom stereocenters.